The van der Waals surface area contributed by atoms with Gasteiger partial charge in [0, 0.05) is 19.8 Å². The molecule has 0 aliphatic rings. The Bertz CT molecular complexity index is 999. The van der Waals surface area contributed by atoms with Gasteiger partial charge in [-0.3, -0.25) is 4.21 Å². The number of hydrogen-bond donors (Lipinski definition) is 1. The third-order valence-electron chi connectivity index (χ3n) is 3.92. The number of aryl methyl sites for hydroxylation is 1. The lowest BCUT2D eigenvalue weighted by molar-refractivity contribution is -0.141. The summed E-state index contributed by atoms with van der Waals surface area (Å²) >= 11 is 0. The average Bonchev–Trinajstić information content (AvgIpc) is 2.95. The molecular weight excluding hydrogens is 367 g/mol. The molecule has 0 spiro atoms. The Hall–Kier alpha value is -2.49. The highest BCUT2D eigenvalue weighted by atomic mass is 32.2. The van der Waals surface area contributed by atoms with E-state index in [1.165, 1.54) is 0 Å². The molecule has 6 nitrogen and oxygen atoms in total. The molecule has 26 heavy (non-hydrogen) atoms. The van der Waals surface area contributed by atoms with E-state index in [0.29, 0.717) is 33.4 Å². The zero-order chi connectivity index (χ0) is 19.1. The highest BCUT2D eigenvalue weighted by Gasteiger charge is 2.33. The Morgan fingerprint density at radius 3 is 2.58 bits per heavy atom. The van der Waals surface area contributed by atoms with Gasteiger partial charge in [0.1, 0.15) is 11.4 Å². The lowest BCUT2D eigenvalue weighted by Gasteiger charge is -2.10. The number of alkyl halides is 3. The maximum Gasteiger partial charge on any atom is 0.433 e. The highest BCUT2D eigenvalue weighted by molar-refractivity contribution is 7.85. The third-order valence-corrected chi connectivity index (χ3v) is 5.24. The van der Waals surface area contributed by atoms with Crippen LogP contribution in [0.3, 0.4) is 0 Å². The van der Waals surface area contributed by atoms with Gasteiger partial charge >= 0.3 is 6.18 Å². The molecule has 0 radical (unpaired) electrons. The molecular formula is C16H16F3N5OS. The Morgan fingerprint density at radius 2 is 1.96 bits per heavy atom. The summed E-state index contributed by atoms with van der Waals surface area (Å²) < 4.78 is 52.7. The number of nitrogens with zero attached hydrogens (tertiary/aromatic N) is 4. The third kappa shape index (κ3) is 3.16. The summed E-state index contributed by atoms with van der Waals surface area (Å²) in [5.41, 5.74) is 0.630. The Balaban J connectivity index is 2.22. The molecule has 3 heterocycles. The first-order chi connectivity index (χ1) is 12.3. The predicted octanol–water partition coefficient (Wildman–Crippen LogP) is 3.22. The molecule has 0 amide bonds. The van der Waals surface area contributed by atoms with Crippen LogP contribution in [0, 0.1) is 0 Å². The molecule has 0 fully saturated rings. The molecule has 0 bridgehead atoms. The van der Waals surface area contributed by atoms with E-state index in [-0.39, 0.29) is 5.52 Å². The van der Waals surface area contributed by atoms with Crippen molar-refractivity contribution in [3.8, 4) is 11.5 Å². The first-order valence-electron chi connectivity index (χ1n) is 7.72. The van der Waals surface area contributed by atoms with Crippen molar-refractivity contribution in [1.82, 2.24) is 19.5 Å². The standard InChI is InChI=1S/C16H16F3N5OS/c1-4-26(25)12-5-9(20-2)7-22-14(12)15-23-10-6-13(16(17,18)19)21-8-11(10)24(15)3/h5-8,20H,4H2,1-3H3. The van der Waals surface area contributed by atoms with E-state index in [4.69, 9.17) is 0 Å². The van der Waals surface area contributed by atoms with Crippen LogP contribution in [0.15, 0.2) is 29.4 Å². The molecule has 3 aromatic rings. The topological polar surface area (TPSA) is 72.7 Å². The van der Waals surface area contributed by atoms with Crippen molar-refractivity contribution in [2.45, 2.75) is 18.0 Å². The number of rotatable bonds is 4. The summed E-state index contributed by atoms with van der Waals surface area (Å²) in [4.78, 5) is 12.6. The maximum atomic E-state index is 12.9. The quantitative estimate of drug-likeness (QED) is 0.749. The number of fused-ring (bicyclic) bond motifs is 1. The lowest BCUT2D eigenvalue weighted by Crippen LogP contribution is -2.07. The largest absolute Gasteiger partial charge is 0.433 e. The fourth-order valence-electron chi connectivity index (χ4n) is 2.53. The summed E-state index contributed by atoms with van der Waals surface area (Å²) in [6.07, 6.45) is -1.86. The summed E-state index contributed by atoms with van der Waals surface area (Å²) in [5, 5.41) is 2.93. The van der Waals surface area contributed by atoms with Crippen molar-refractivity contribution in [3.05, 3.63) is 30.2 Å². The summed E-state index contributed by atoms with van der Waals surface area (Å²) in [7, 11) is 2.06. The van der Waals surface area contributed by atoms with Crippen LogP contribution in [0.1, 0.15) is 12.6 Å². The summed E-state index contributed by atoms with van der Waals surface area (Å²) in [6.45, 7) is 1.78. The minimum atomic E-state index is -4.55. The molecule has 138 valence electrons. The second-order valence-electron chi connectivity index (χ2n) is 5.51. The second-order valence-corrected chi connectivity index (χ2v) is 7.21. The molecule has 0 aliphatic carbocycles. The normalized spacial score (nSPS) is 13.2. The van der Waals surface area contributed by atoms with E-state index < -0.39 is 22.7 Å². The van der Waals surface area contributed by atoms with Crippen molar-refractivity contribution in [3.63, 3.8) is 0 Å². The number of aromatic nitrogens is 4. The van der Waals surface area contributed by atoms with Crippen LogP contribution in [0.2, 0.25) is 0 Å². The Kier molecular flexibility index (Phi) is 4.70. The molecule has 0 aromatic carbocycles. The van der Waals surface area contributed by atoms with E-state index in [0.717, 1.165) is 12.3 Å². The number of imidazole rings is 1. The molecule has 0 saturated heterocycles. The first kappa shape index (κ1) is 18.3. The van der Waals surface area contributed by atoms with Gasteiger partial charge in [0.25, 0.3) is 0 Å². The molecule has 1 atom stereocenters. The zero-order valence-electron chi connectivity index (χ0n) is 14.3. The van der Waals surface area contributed by atoms with Gasteiger partial charge in [0.2, 0.25) is 0 Å². The van der Waals surface area contributed by atoms with Gasteiger partial charge in [0.15, 0.2) is 5.82 Å². The van der Waals surface area contributed by atoms with Crippen LogP contribution < -0.4 is 5.32 Å². The van der Waals surface area contributed by atoms with Crippen molar-refractivity contribution >= 4 is 27.5 Å². The Morgan fingerprint density at radius 1 is 1.23 bits per heavy atom. The van der Waals surface area contributed by atoms with E-state index in [2.05, 4.69) is 20.3 Å². The smallest absolute Gasteiger partial charge is 0.387 e. The minimum absolute atomic E-state index is 0.151. The lowest BCUT2D eigenvalue weighted by atomic mass is 10.3. The fourth-order valence-corrected chi connectivity index (χ4v) is 3.46. The van der Waals surface area contributed by atoms with Crippen LogP contribution in [0.5, 0.6) is 0 Å². The van der Waals surface area contributed by atoms with Gasteiger partial charge in [-0.25, -0.2) is 15.0 Å². The van der Waals surface area contributed by atoms with Gasteiger partial charge in [-0.2, -0.15) is 13.2 Å². The number of hydrogen-bond acceptors (Lipinski definition) is 5. The number of anilines is 1. The molecule has 10 heteroatoms. The van der Waals surface area contributed by atoms with Crippen molar-refractivity contribution in [1.29, 1.82) is 0 Å². The van der Waals surface area contributed by atoms with Crippen LogP contribution >= 0.6 is 0 Å². The maximum absolute atomic E-state index is 12.9. The van der Waals surface area contributed by atoms with Gasteiger partial charge in [0.05, 0.1) is 44.8 Å². The van der Waals surface area contributed by atoms with Crippen LogP contribution in [-0.4, -0.2) is 36.5 Å². The van der Waals surface area contributed by atoms with Crippen molar-refractivity contribution < 1.29 is 17.4 Å². The number of pyridine rings is 2. The van der Waals surface area contributed by atoms with E-state index >= 15 is 0 Å². The van der Waals surface area contributed by atoms with E-state index in [9.17, 15) is 17.4 Å². The molecule has 1 unspecified atom stereocenters. The van der Waals surface area contributed by atoms with E-state index in [1.807, 2.05) is 0 Å². The van der Waals surface area contributed by atoms with Gasteiger partial charge < -0.3 is 9.88 Å². The van der Waals surface area contributed by atoms with Crippen LogP contribution in [-0.2, 0) is 24.0 Å². The van der Waals surface area contributed by atoms with E-state index in [1.54, 1.807) is 37.8 Å². The average molecular weight is 383 g/mol. The molecule has 3 aromatic heterocycles. The second kappa shape index (κ2) is 6.67. The van der Waals surface area contributed by atoms with Gasteiger partial charge in [-0.15, -0.1) is 0 Å². The zero-order valence-corrected chi connectivity index (χ0v) is 15.1. The monoisotopic (exact) mass is 383 g/mol. The van der Waals surface area contributed by atoms with Gasteiger partial charge in [-0.1, -0.05) is 6.92 Å². The highest BCUT2D eigenvalue weighted by Crippen LogP contribution is 2.32. The Labute approximate surface area is 149 Å². The molecule has 1 N–H and O–H groups in total. The van der Waals surface area contributed by atoms with Crippen LogP contribution in [0.4, 0.5) is 18.9 Å². The van der Waals surface area contributed by atoms with Gasteiger partial charge in [-0.05, 0) is 12.1 Å². The fraction of sp³-hybridized carbons (Fsp3) is 0.312. The van der Waals surface area contributed by atoms with Crippen molar-refractivity contribution in [2.75, 3.05) is 18.1 Å². The summed E-state index contributed by atoms with van der Waals surface area (Å²) in [5.74, 6) is 0.714. The SMILES string of the molecule is CCS(=O)c1cc(NC)cnc1-c1nc2cc(C(F)(F)F)ncc2n1C. The first-order valence-corrected chi connectivity index (χ1v) is 9.04. The number of halogens is 3. The molecule has 0 aliphatic heterocycles. The minimum Gasteiger partial charge on any atom is -0.387 e. The summed E-state index contributed by atoms with van der Waals surface area (Å²) in [6, 6.07) is 2.61. The van der Waals surface area contributed by atoms with Crippen molar-refractivity contribution in [2.24, 2.45) is 7.05 Å². The van der Waals surface area contributed by atoms with Crippen LogP contribution in [0.25, 0.3) is 22.6 Å². The molecule has 3 rings (SSSR count). The number of nitrogens with one attached hydrogen (secondary N) is 1. The predicted molar refractivity (Wildman–Crippen MR) is 93.2 cm³/mol. The molecule has 0 saturated carbocycles.